The van der Waals surface area contributed by atoms with E-state index >= 15 is 0 Å². The largest absolute Gasteiger partial charge is 0.508 e. The highest BCUT2D eigenvalue weighted by Gasteiger charge is 2.08. The van der Waals surface area contributed by atoms with Crippen molar-refractivity contribution in [1.82, 2.24) is 9.97 Å². The molecule has 128 valence electrons. The van der Waals surface area contributed by atoms with Gasteiger partial charge in [0.25, 0.3) is 0 Å². The predicted octanol–water partition coefficient (Wildman–Crippen LogP) is 5.54. The quantitative estimate of drug-likeness (QED) is 0.501. The lowest BCUT2D eigenvalue weighted by Gasteiger charge is -2.14. The van der Waals surface area contributed by atoms with Crippen molar-refractivity contribution in [3.8, 4) is 5.75 Å². The van der Waals surface area contributed by atoms with Gasteiger partial charge in [-0.3, -0.25) is 0 Å². The molecule has 4 aromatic rings. The van der Waals surface area contributed by atoms with Crippen molar-refractivity contribution < 1.29 is 5.11 Å². The molecule has 0 amide bonds. The SMILES string of the molecule is Cc1ccc(Sc2ccc(O)cc2)c(Nc2ccnc3ncccc23)c1. The number of aryl methyl sites for hydroxylation is 1. The second-order valence-electron chi connectivity index (χ2n) is 5.95. The second kappa shape index (κ2) is 7.06. The zero-order chi connectivity index (χ0) is 17.9. The molecule has 4 nitrogen and oxygen atoms in total. The maximum atomic E-state index is 9.48. The van der Waals surface area contributed by atoms with Gasteiger partial charge in [0, 0.05) is 27.6 Å². The average molecular weight is 359 g/mol. The number of hydrogen-bond acceptors (Lipinski definition) is 5. The molecule has 0 aliphatic carbocycles. The molecule has 0 fully saturated rings. The van der Waals surface area contributed by atoms with E-state index in [0.717, 1.165) is 32.2 Å². The molecule has 0 atom stereocenters. The molecule has 0 saturated carbocycles. The van der Waals surface area contributed by atoms with Gasteiger partial charge >= 0.3 is 0 Å². The Morgan fingerprint density at radius 3 is 2.54 bits per heavy atom. The van der Waals surface area contributed by atoms with Crippen molar-refractivity contribution in [3.63, 3.8) is 0 Å². The fourth-order valence-corrected chi connectivity index (χ4v) is 3.59. The lowest BCUT2D eigenvalue weighted by molar-refractivity contribution is 0.475. The van der Waals surface area contributed by atoms with Gasteiger partial charge in [0.05, 0.1) is 11.4 Å². The molecular weight excluding hydrogens is 342 g/mol. The van der Waals surface area contributed by atoms with E-state index in [1.807, 2.05) is 30.3 Å². The number of aromatic nitrogens is 2. The maximum absolute atomic E-state index is 9.48. The Morgan fingerprint density at radius 2 is 1.69 bits per heavy atom. The van der Waals surface area contributed by atoms with Gasteiger partial charge in [0.1, 0.15) is 5.75 Å². The topological polar surface area (TPSA) is 58.0 Å². The Balaban J connectivity index is 1.71. The molecule has 2 aromatic carbocycles. The van der Waals surface area contributed by atoms with Crippen LogP contribution in [0.2, 0.25) is 0 Å². The summed E-state index contributed by atoms with van der Waals surface area (Å²) in [6, 6.07) is 19.4. The van der Waals surface area contributed by atoms with E-state index in [0.29, 0.717) is 0 Å². The first-order valence-corrected chi connectivity index (χ1v) is 9.05. The molecule has 0 unspecified atom stereocenters. The highest BCUT2D eigenvalue weighted by atomic mass is 32.2. The van der Waals surface area contributed by atoms with Crippen LogP contribution in [-0.2, 0) is 0 Å². The molecule has 26 heavy (non-hydrogen) atoms. The third kappa shape index (κ3) is 3.48. The number of pyridine rings is 2. The Bertz CT molecular complexity index is 1060. The van der Waals surface area contributed by atoms with Crippen LogP contribution in [0.1, 0.15) is 5.56 Å². The third-order valence-electron chi connectivity index (χ3n) is 3.98. The van der Waals surface area contributed by atoms with Gasteiger partial charge in [-0.25, -0.2) is 9.97 Å². The van der Waals surface area contributed by atoms with Crippen LogP contribution in [-0.4, -0.2) is 15.1 Å². The fraction of sp³-hybridized carbons (Fsp3) is 0.0476. The summed E-state index contributed by atoms with van der Waals surface area (Å²) in [6.45, 7) is 2.08. The highest BCUT2D eigenvalue weighted by Crippen LogP contribution is 2.37. The Morgan fingerprint density at radius 1 is 0.885 bits per heavy atom. The van der Waals surface area contributed by atoms with Crippen LogP contribution < -0.4 is 5.32 Å². The van der Waals surface area contributed by atoms with Crippen molar-refractivity contribution in [1.29, 1.82) is 0 Å². The number of hydrogen-bond donors (Lipinski definition) is 2. The minimum Gasteiger partial charge on any atom is -0.508 e. The first-order valence-electron chi connectivity index (χ1n) is 8.23. The summed E-state index contributed by atoms with van der Waals surface area (Å²) in [4.78, 5) is 10.8. The van der Waals surface area contributed by atoms with Gasteiger partial charge in [-0.1, -0.05) is 17.8 Å². The van der Waals surface area contributed by atoms with Gasteiger partial charge in [-0.15, -0.1) is 0 Å². The number of fused-ring (bicyclic) bond motifs is 1. The van der Waals surface area contributed by atoms with Crippen LogP contribution in [0.5, 0.6) is 5.75 Å². The molecular formula is C21H17N3OS. The smallest absolute Gasteiger partial charge is 0.161 e. The molecule has 0 aliphatic rings. The molecule has 4 rings (SSSR count). The first kappa shape index (κ1) is 16.4. The van der Waals surface area contributed by atoms with E-state index in [-0.39, 0.29) is 5.75 Å². The summed E-state index contributed by atoms with van der Waals surface area (Å²) in [5, 5.41) is 14.0. The molecule has 2 aromatic heterocycles. The highest BCUT2D eigenvalue weighted by molar-refractivity contribution is 7.99. The van der Waals surface area contributed by atoms with Crippen LogP contribution in [0.25, 0.3) is 11.0 Å². The lowest BCUT2D eigenvalue weighted by Crippen LogP contribution is -1.96. The predicted molar refractivity (Wildman–Crippen MR) is 106 cm³/mol. The minimum atomic E-state index is 0.271. The number of phenolic OH excluding ortho intramolecular Hbond substituents is 1. The number of phenols is 1. The monoisotopic (exact) mass is 359 g/mol. The number of anilines is 2. The van der Waals surface area contributed by atoms with Gasteiger partial charge < -0.3 is 10.4 Å². The van der Waals surface area contributed by atoms with Crippen molar-refractivity contribution in [2.75, 3.05) is 5.32 Å². The summed E-state index contributed by atoms with van der Waals surface area (Å²) in [5.41, 5.74) is 3.90. The summed E-state index contributed by atoms with van der Waals surface area (Å²) < 4.78 is 0. The summed E-state index contributed by atoms with van der Waals surface area (Å²) in [5.74, 6) is 0.271. The van der Waals surface area contributed by atoms with Crippen LogP contribution in [0.3, 0.4) is 0 Å². The van der Waals surface area contributed by atoms with Crippen molar-refractivity contribution in [3.05, 3.63) is 78.6 Å². The van der Waals surface area contributed by atoms with Gasteiger partial charge in [-0.2, -0.15) is 0 Å². The number of nitrogens with zero attached hydrogens (tertiary/aromatic N) is 2. The number of rotatable bonds is 4. The van der Waals surface area contributed by atoms with E-state index in [4.69, 9.17) is 0 Å². The van der Waals surface area contributed by atoms with E-state index in [1.165, 1.54) is 5.56 Å². The number of nitrogens with one attached hydrogen (secondary N) is 1. The first-order chi connectivity index (χ1) is 12.7. The molecule has 0 spiro atoms. The van der Waals surface area contributed by atoms with Crippen molar-refractivity contribution in [2.45, 2.75) is 16.7 Å². The van der Waals surface area contributed by atoms with Crippen LogP contribution in [0.4, 0.5) is 11.4 Å². The van der Waals surface area contributed by atoms with Crippen LogP contribution >= 0.6 is 11.8 Å². The van der Waals surface area contributed by atoms with E-state index in [2.05, 4.69) is 40.4 Å². The zero-order valence-electron chi connectivity index (χ0n) is 14.2. The fourth-order valence-electron chi connectivity index (χ4n) is 2.71. The molecule has 5 heteroatoms. The third-order valence-corrected chi connectivity index (χ3v) is 5.07. The second-order valence-corrected chi connectivity index (χ2v) is 7.07. The average Bonchev–Trinajstić information content (AvgIpc) is 2.66. The summed E-state index contributed by atoms with van der Waals surface area (Å²) >= 11 is 1.65. The minimum absolute atomic E-state index is 0.271. The molecule has 2 N–H and O–H groups in total. The molecule has 0 radical (unpaired) electrons. The molecule has 2 heterocycles. The van der Waals surface area contributed by atoms with Crippen LogP contribution in [0, 0.1) is 6.92 Å². The Kier molecular flexibility index (Phi) is 4.46. The van der Waals surface area contributed by atoms with Gasteiger partial charge in [0.15, 0.2) is 5.65 Å². The van der Waals surface area contributed by atoms with Crippen molar-refractivity contribution in [2.24, 2.45) is 0 Å². The van der Waals surface area contributed by atoms with Gasteiger partial charge in [-0.05, 0) is 67.1 Å². The molecule has 0 bridgehead atoms. The van der Waals surface area contributed by atoms with E-state index in [9.17, 15) is 5.11 Å². The van der Waals surface area contributed by atoms with E-state index < -0.39 is 0 Å². The van der Waals surface area contributed by atoms with Crippen LogP contribution in [0.15, 0.2) is 82.8 Å². The summed E-state index contributed by atoms with van der Waals surface area (Å²) in [6.07, 6.45) is 3.51. The number of aromatic hydroxyl groups is 1. The normalized spacial score (nSPS) is 10.8. The maximum Gasteiger partial charge on any atom is 0.161 e. The van der Waals surface area contributed by atoms with Gasteiger partial charge in [0.2, 0.25) is 0 Å². The van der Waals surface area contributed by atoms with Crippen molar-refractivity contribution >= 4 is 34.2 Å². The molecule has 0 aliphatic heterocycles. The Hall–Kier alpha value is -3.05. The molecule has 0 saturated heterocycles. The zero-order valence-corrected chi connectivity index (χ0v) is 15.0. The van der Waals surface area contributed by atoms with E-state index in [1.54, 1.807) is 36.3 Å². The standard InChI is InChI=1S/C21H17N3OS/c1-14-4-9-20(26-16-7-5-15(25)6-8-16)19(13-14)24-18-10-12-23-21-17(18)3-2-11-22-21/h2-13,25H,1H3,(H,22,23,24). The lowest BCUT2D eigenvalue weighted by atomic mass is 10.2. The summed E-state index contributed by atoms with van der Waals surface area (Å²) in [7, 11) is 0. The Labute approximate surface area is 155 Å². The number of benzene rings is 2.